The molecule has 0 saturated carbocycles. The third kappa shape index (κ3) is 1.87. The van der Waals surface area contributed by atoms with Crippen LogP contribution in [-0.4, -0.2) is 24.3 Å². The number of carbonyl (C=O) groups excluding carboxylic acids is 2. The van der Waals surface area contributed by atoms with Crippen LogP contribution in [0, 0.1) is 5.82 Å². The topological polar surface area (TPSA) is 56.3 Å². The molecular weight excluding hydrogens is 177 g/mol. The third-order valence-electron chi connectivity index (χ3n) is 1.38. The van der Waals surface area contributed by atoms with Gasteiger partial charge in [-0.05, 0) is 12.1 Å². The molecule has 0 unspecified atom stereocenters. The summed E-state index contributed by atoms with van der Waals surface area (Å²) in [6.45, 7) is 0. The van der Waals surface area contributed by atoms with E-state index in [0.29, 0.717) is 0 Å². The number of aldehydes is 1. The summed E-state index contributed by atoms with van der Waals surface area (Å²) < 4.78 is 17.0. The Morgan fingerprint density at radius 3 is 2.85 bits per heavy atom. The van der Waals surface area contributed by atoms with Crippen LogP contribution >= 0.6 is 0 Å². The van der Waals surface area contributed by atoms with E-state index in [0.717, 1.165) is 12.1 Å². The van der Waals surface area contributed by atoms with Gasteiger partial charge in [-0.3, -0.25) is 4.79 Å². The van der Waals surface area contributed by atoms with Gasteiger partial charge < -0.3 is 4.74 Å². The van der Waals surface area contributed by atoms with Gasteiger partial charge in [0.1, 0.15) is 11.4 Å². The standard InChI is InChI=1S/C8H6FNO3/c1-13-8(12)6-3-2-5(9)7(4-11)10-6/h2-4H,1H3. The molecule has 1 heterocycles. The maximum Gasteiger partial charge on any atom is 0.356 e. The normalized spacial score (nSPS) is 9.38. The molecule has 0 spiro atoms. The summed E-state index contributed by atoms with van der Waals surface area (Å²) in [5.74, 6) is -1.47. The van der Waals surface area contributed by atoms with Crippen molar-refractivity contribution >= 4 is 12.3 Å². The number of methoxy groups -OCH3 is 1. The largest absolute Gasteiger partial charge is 0.464 e. The molecule has 0 N–H and O–H groups in total. The quantitative estimate of drug-likeness (QED) is 0.503. The first-order valence-electron chi connectivity index (χ1n) is 3.39. The van der Waals surface area contributed by atoms with Gasteiger partial charge in [-0.1, -0.05) is 0 Å². The monoisotopic (exact) mass is 183 g/mol. The lowest BCUT2D eigenvalue weighted by molar-refractivity contribution is 0.0594. The fourth-order valence-corrected chi connectivity index (χ4v) is 0.759. The van der Waals surface area contributed by atoms with E-state index in [9.17, 15) is 14.0 Å². The van der Waals surface area contributed by atoms with Crippen molar-refractivity contribution in [2.75, 3.05) is 7.11 Å². The zero-order valence-corrected chi connectivity index (χ0v) is 6.78. The molecule has 0 aliphatic rings. The summed E-state index contributed by atoms with van der Waals surface area (Å²) in [5.41, 5.74) is -0.492. The average Bonchev–Trinajstić information content (AvgIpc) is 2.17. The van der Waals surface area contributed by atoms with Gasteiger partial charge in [0, 0.05) is 0 Å². The number of carbonyl (C=O) groups is 2. The van der Waals surface area contributed by atoms with Crippen molar-refractivity contribution in [2.45, 2.75) is 0 Å². The van der Waals surface area contributed by atoms with Gasteiger partial charge in [-0.2, -0.15) is 0 Å². The molecule has 0 fully saturated rings. The highest BCUT2D eigenvalue weighted by Crippen LogP contribution is 2.04. The highest BCUT2D eigenvalue weighted by Gasteiger charge is 2.10. The zero-order valence-electron chi connectivity index (χ0n) is 6.78. The maximum atomic E-state index is 12.7. The fourth-order valence-electron chi connectivity index (χ4n) is 0.759. The Morgan fingerprint density at radius 2 is 2.31 bits per heavy atom. The molecule has 1 aromatic rings. The van der Waals surface area contributed by atoms with E-state index in [2.05, 4.69) is 9.72 Å². The van der Waals surface area contributed by atoms with Gasteiger partial charge in [-0.25, -0.2) is 14.2 Å². The van der Waals surface area contributed by atoms with Gasteiger partial charge in [0.2, 0.25) is 0 Å². The van der Waals surface area contributed by atoms with Gasteiger partial charge in [0.05, 0.1) is 7.11 Å². The minimum Gasteiger partial charge on any atom is -0.464 e. The van der Waals surface area contributed by atoms with Crippen LogP contribution in [0.2, 0.25) is 0 Å². The summed E-state index contributed by atoms with van der Waals surface area (Å²) in [5, 5.41) is 0. The molecule has 0 aliphatic carbocycles. The lowest BCUT2D eigenvalue weighted by Gasteiger charge is -1.98. The Balaban J connectivity index is 3.13. The van der Waals surface area contributed by atoms with E-state index in [1.807, 2.05) is 0 Å². The van der Waals surface area contributed by atoms with Crippen LogP contribution < -0.4 is 0 Å². The summed E-state index contributed by atoms with van der Waals surface area (Å²) >= 11 is 0. The van der Waals surface area contributed by atoms with Crippen LogP contribution in [0.4, 0.5) is 4.39 Å². The Kier molecular flexibility index (Phi) is 2.69. The van der Waals surface area contributed by atoms with Crippen molar-refractivity contribution in [1.82, 2.24) is 4.98 Å². The number of nitrogens with zero attached hydrogens (tertiary/aromatic N) is 1. The third-order valence-corrected chi connectivity index (χ3v) is 1.38. The Morgan fingerprint density at radius 1 is 1.62 bits per heavy atom. The molecule has 1 rings (SSSR count). The summed E-state index contributed by atoms with van der Waals surface area (Å²) in [6.07, 6.45) is 0.238. The summed E-state index contributed by atoms with van der Waals surface area (Å²) in [6, 6.07) is 2.14. The van der Waals surface area contributed by atoms with Crippen LogP contribution in [0.15, 0.2) is 12.1 Å². The van der Waals surface area contributed by atoms with Crippen molar-refractivity contribution in [3.8, 4) is 0 Å². The molecule has 5 heteroatoms. The number of pyridine rings is 1. The molecular formula is C8H6FNO3. The number of ether oxygens (including phenoxy) is 1. The predicted octanol–water partition coefficient (Wildman–Crippen LogP) is 0.820. The summed E-state index contributed by atoms with van der Waals surface area (Å²) in [4.78, 5) is 24.5. The molecule has 0 bridgehead atoms. The average molecular weight is 183 g/mol. The van der Waals surface area contributed by atoms with Crippen molar-refractivity contribution < 1.29 is 18.7 Å². The van der Waals surface area contributed by atoms with Crippen molar-refractivity contribution in [1.29, 1.82) is 0 Å². The Labute approximate surface area is 73.3 Å². The minimum atomic E-state index is -0.761. The lowest BCUT2D eigenvalue weighted by atomic mass is 10.3. The second-order valence-corrected chi connectivity index (χ2v) is 2.17. The van der Waals surface area contributed by atoms with E-state index < -0.39 is 17.5 Å². The van der Waals surface area contributed by atoms with E-state index in [1.54, 1.807) is 0 Å². The highest BCUT2D eigenvalue weighted by molar-refractivity contribution is 5.88. The number of esters is 1. The molecule has 13 heavy (non-hydrogen) atoms. The smallest absolute Gasteiger partial charge is 0.356 e. The van der Waals surface area contributed by atoms with Crippen LogP contribution in [0.5, 0.6) is 0 Å². The first kappa shape index (κ1) is 9.31. The molecule has 1 aromatic heterocycles. The maximum absolute atomic E-state index is 12.7. The lowest BCUT2D eigenvalue weighted by Crippen LogP contribution is -2.07. The Bertz CT molecular complexity index is 351. The molecule has 0 aromatic carbocycles. The summed E-state index contributed by atoms with van der Waals surface area (Å²) in [7, 11) is 1.17. The van der Waals surface area contributed by atoms with Crippen molar-refractivity contribution in [3.05, 3.63) is 29.3 Å². The Hall–Kier alpha value is -1.78. The minimum absolute atomic E-state index is 0.0917. The van der Waals surface area contributed by atoms with E-state index >= 15 is 0 Å². The van der Waals surface area contributed by atoms with Gasteiger partial charge in [0.15, 0.2) is 12.1 Å². The van der Waals surface area contributed by atoms with E-state index in [4.69, 9.17) is 0 Å². The predicted molar refractivity (Wildman–Crippen MR) is 40.9 cm³/mol. The fraction of sp³-hybridized carbons (Fsp3) is 0.125. The van der Waals surface area contributed by atoms with Crippen molar-refractivity contribution in [2.24, 2.45) is 0 Å². The van der Waals surface area contributed by atoms with Crippen molar-refractivity contribution in [3.63, 3.8) is 0 Å². The molecule has 4 nitrogen and oxygen atoms in total. The first-order valence-corrected chi connectivity index (χ1v) is 3.39. The van der Waals surface area contributed by atoms with E-state index in [1.165, 1.54) is 7.11 Å². The van der Waals surface area contributed by atoms with Gasteiger partial charge >= 0.3 is 5.97 Å². The molecule has 0 amide bonds. The second-order valence-electron chi connectivity index (χ2n) is 2.17. The van der Waals surface area contributed by atoms with Gasteiger partial charge in [-0.15, -0.1) is 0 Å². The van der Waals surface area contributed by atoms with E-state index in [-0.39, 0.29) is 12.0 Å². The number of aromatic nitrogens is 1. The second kappa shape index (κ2) is 3.75. The molecule has 0 saturated heterocycles. The number of rotatable bonds is 2. The molecule has 0 atom stereocenters. The van der Waals surface area contributed by atoms with Crippen LogP contribution in [-0.2, 0) is 4.74 Å². The van der Waals surface area contributed by atoms with Crippen LogP contribution in [0.25, 0.3) is 0 Å². The van der Waals surface area contributed by atoms with Crippen LogP contribution in [0.1, 0.15) is 21.0 Å². The highest BCUT2D eigenvalue weighted by atomic mass is 19.1. The van der Waals surface area contributed by atoms with Crippen LogP contribution in [0.3, 0.4) is 0 Å². The number of hydrogen-bond donors (Lipinski definition) is 0. The molecule has 68 valence electrons. The molecule has 0 aliphatic heterocycles. The SMILES string of the molecule is COC(=O)c1ccc(F)c(C=O)n1. The molecule has 0 radical (unpaired) electrons. The first-order chi connectivity index (χ1) is 6.19. The number of hydrogen-bond acceptors (Lipinski definition) is 4. The zero-order chi connectivity index (χ0) is 9.84. The van der Waals surface area contributed by atoms with Gasteiger partial charge in [0.25, 0.3) is 0 Å². The number of halogens is 1.